The van der Waals surface area contributed by atoms with E-state index < -0.39 is 0 Å². The van der Waals surface area contributed by atoms with E-state index in [0.717, 1.165) is 17.4 Å². The minimum absolute atomic E-state index is 0.563. The van der Waals surface area contributed by atoms with E-state index in [4.69, 9.17) is 5.26 Å². The number of nitrogens with zero attached hydrogens (tertiary/aromatic N) is 1. The Hall–Kier alpha value is -1.92. The molecule has 0 spiro atoms. The van der Waals surface area contributed by atoms with Crippen molar-refractivity contribution < 1.29 is 4.79 Å². The van der Waals surface area contributed by atoms with Crippen molar-refractivity contribution in [2.45, 2.75) is 0 Å². The second-order valence-corrected chi connectivity index (χ2v) is 3.90. The van der Waals surface area contributed by atoms with Crippen LogP contribution < -0.4 is 0 Å². The van der Waals surface area contributed by atoms with Gasteiger partial charge in [-0.1, -0.05) is 30.3 Å². The van der Waals surface area contributed by atoms with Crippen molar-refractivity contribution in [2.24, 2.45) is 0 Å². The highest BCUT2D eigenvalue weighted by Gasteiger charge is 2.12. The van der Waals surface area contributed by atoms with Crippen molar-refractivity contribution in [3.8, 4) is 17.2 Å². The van der Waals surface area contributed by atoms with Gasteiger partial charge in [0.05, 0.1) is 10.4 Å². The summed E-state index contributed by atoms with van der Waals surface area (Å²) in [7, 11) is 0. The number of hydrogen-bond acceptors (Lipinski definition) is 3. The average Bonchev–Trinajstić information content (AvgIpc) is 2.72. The summed E-state index contributed by atoms with van der Waals surface area (Å²) in [6.07, 6.45) is 0.799. The first-order valence-corrected chi connectivity index (χ1v) is 5.27. The molecule has 15 heavy (non-hydrogen) atoms. The molecular weight excluding hydrogens is 206 g/mol. The molecule has 2 nitrogen and oxygen atoms in total. The van der Waals surface area contributed by atoms with E-state index in [9.17, 15) is 4.79 Å². The number of rotatable bonds is 2. The Kier molecular flexibility index (Phi) is 2.61. The molecule has 1 heterocycles. The Bertz CT molecular complexity index is 522. The third kappa shape index (κ3) is 1.67. The van der Waals surface area contributed by atoms with Crippen molar-refractivity contribution in [1.82, 2.24) is 0 Å². The van der Waals surface area contributed by atoms with Gasteiger partial charge in [0.25, 0.3) is 0 Å². The van der Waals surface area contributed by atoms with Crippen molar-refractivity contribution in [3.63, 3.8) is 0 Å². The van der Waals surface area contributed by atoms with Gasteiger partial charge in [0.15, 0.2) is 6.29 Å². The lowest BCUT2D eigenvalue weighted by Crippen LogP contribution is -1.83. The predicted molar refractivity (Wildman–Crippen MR) is 59.9 cm³/mol. The van der Waals surface area contributed by atoms with Gasteiger partial charge in [-0.25, -0.2) is 0 Å². The first kappa shape index (κ1) is 9.63. The van der Waals surface area contributed by atoms with Crippen LogP contribution >= 0.6 is 11.3 Å². The number of nitriles is 1. The minimum Gasteiger partial charge on any atom is -0.297 e. The molecule has 1 aromatic carbocycles. The second kappa shape index (κ2) is 4.07. The topological polar surface area (TPSA) is 40.9 Å². The Morgan fingerprint density at radius 2 is 2.00 bits per heavy atom. The van der Waals surface area contributed by atoms with Crippen LogP contribution in [0.2, 0.25) is 0 Å². The molecule has 0 aliphatic carbocycles. The smallest absolute Gasteiger partial charge is 0.160 e. The first-order valence-electron chi connectivity index (χ1n) is 4.39. The highest BCUT2D eigenvalue weighted by atomic mass is 32.1. The zero-order valence-electron chi connectivity index (χ0n) is 7.81. The van der Waals surface area contributed by atoms with Gasteiger partial charge in [0.1, 0.15) is 6.07 Å². The molecule has 0 aliphatic heterocycles. The molecular formula is C12H7NOS. The summed E-state index contributed by atoms with van der Waals surface area (Å²) < 4.78 is 0. The molecule has 0 fully saturated rings. The Labute approximate surface area is 91.4 Å². The van der Waals surface area contributed by atoms with E-state index in [-0.39, 0.29) is 0 Å². The van der Waals surface area contributed by atoms with Gasteiger partial charge in [-0.2, -0.15) is 5.26 Å². The summed E-state index contributed by atoms with van der Waals surface area (Å²) in [5.41, 5.74) is 2.23. The Morgan fingerprint density at radius 1 is 1.27 bits per heavy atom. The predicted octanol–water partition coefficient (Wildman–Crippen LogP) is 3.10. The summed E-state index contributed by atoms with van der Waals surface area (Å²) in [5.74, 6) is 0. The zero-order valence-corrected chi connectivity index (χ0v) is 8.62. The number of benzene rings is 1. The van der Waals surface area contributed by atoms with Gasteiger partial charge < -0.3 is 0 Å². The monoisotopic (exact) mass is 213 g/mol. The molecule has 0 radical (unpaired) electrons. The van der Waals surface area contributed by atoms with Crippen LogP contribution in [0.5, 0.6) is 0 Å². The number of thiophene rings is 1. The van der Waals surface area contributed by atoms with Crippen LogP contribution in [0.4, 0.5) is 0 Å². The van der Waals surface area contributed by atoms with Crippen LogP contribution in [-0.2, 0) is 0 Å². The fourth-order valence-electron chi connectivity index (χ4n) is 1.44. The van der Waals surface area contributed by atoms with Crippen molar-refractivity contribution in [3.05, 3.63) is 46.2 Å². The third-order valence-electron chi connectivity index (χ3n) is 2.11. The largest absolute Gasteiger partial charge is 0.297 e. The summed E-state index contributed by atoms with van der Waals surface area (Å²) in [4.78, 5) is 11.4. The van der Waals surface area contributed by atoms with Gasteiger partial charge in [-0.05, 0) is 5.56 Å². The zero-order chi connectivity index (χ0) is 10.7. The van der Waals surface area contributed by atoms with Crippen LogP contribution in [0.25, 0.3) is 11.1 Å². The van der Waals surface area contributed by atoms with Crippen LogP contribution in [0.15, 0.2) is 35.7 Å². The molecule has 0 saturated carbocycles. The van der Waals surface area contributed by atoms with E-state index >= 15 is 0 Å². The van der Waals surface area contributed by atoms with Gasteiger partial charge in [-0.3, -0.25) is 4.79 Å². The van der Waals surface area contributed by atoms with Crippen molar-refractivity contribution >= 4 is 17.6 Å². The molecule has 72 valence electrons. The summed E-state index contributed by atoms with van der Waals surface area (Å²) >= 11 is 1.31. The number of carbonyl (C=O) groups excluding carboxylic acids is 1. The van der Waals surface area contributed by atoms with E-state index in [2.05, 4.69) is 6.07 Å². The highest BCUT2D eigenvalue weighted by Crippen LogP contribution is 2.30. The second-order valence-electron chi connectivity index (χ2n) is 2.98. The molecule has 0 atom stereocenters. The Balaban J connectivity index is 2.66. The molecule has 0 amide bonds. The fourth-order valence-corrected chi connectivity index (χ4v) is 2.26. The molecule has 0 saturated heterocycles. The molecule has 0 aliphatic rings. The van der Waals surface area contributed by atoms with Crippen LogP contribution in [0, 0.1) is 11.3 Å². The number of carbonyl (C=O) groups is 1. The number of aldehydes is 1. The Morgan fingerprint density at radius 3 is 2.60 bits per heavy atom. The minimum atomic E-state index is 0.563. The maximum absolute atomic E-state index is 10.8. The SMILES string of the molecule is N#Cc1csc(C=O)c1-c1ccccc1. The quantitative estimate of drug-likeness (QED) is 0.719. The molecule has 0 N–H and O–H groups in total. The van der Waals surface area contributed by atoms with Gasteiger partial charge in [0, 0.05) is 10.9 Å². The maximum Gasteiger partial charge on any atom is 0.160 e. The van der Waals surface area contributed by atoms with E-state index in [1.54, 1.807) is 5.38 Å². The lowest BCUT2D eigenvalue weighted by molar-refractivity contribution is 0.112. The normalized spacial score (nSPS) is 9.53. The summed E-state index contributed by atoms with van der Waals surface area (Å²) in [6.45, 7) is 0. The molecule has 0 bridgehead atoms. The average molecular weight is 213 g/mol. The van der Waals surface area contributed by atoms with E-state index in [1.165, 1.54) is 11.3 Å². The molecule has 0 unspecified atom stereocenters. The van der Waals surface area contributed by atoms with E-state index in [0.29, 0.717) is 10.4 Å². The molecule has 3 heteroatoms. The molecule has 1 aromatic heterocycles. The lowest BCUT2D eigenvalue weighted by atomic mass is 10.0. The van der Waals surface area contributed by atoms with E-state index in [1.807, 2.05) is 30.3 Å². The standard InChI is InChI=1S/C12H7NOS/c13-6-10-8-15-11(7-14)12(10)9-4-2-1-3-5-9/h1-5,7-8H. The fraction of sp³-hybridized carbons (Fsp3) is 0. The van der Waals surface area contributed by atoms with Crippen LogP contribution in [0.1, 0.15) is 15.2 Å². The number of hydrogen-bond donors (Lipinski definition) is 0. The summed E-state index contributed by atoms with van der Waals surface area (Å²) in [6, 6.07) is 11.6. The van der Waals surface area contributed by atoms with Crippen molar-refractivity contribution in [1.29, 1.82) is 5.26 Å². The summed E-state index contributed by atoms with van der Waals surface area (Å²) in [5, 5.41) is 10.6. The van der Waals surface area contributed by atoms with Gasteiger partial charge in [-0.15, -0.1) is 11.3 Å². The molecule has 2 aromatic rings. The lowest BCUT2D eigenvalue weighted by Gasteiger charge is -1.99. The third-order valence-corrected chi connectivity index (χ3v) is 3.02. The molecule has 2 rings (SSSR count). The van der Waals surface area contributed by atoms with Crippen molar-refractivity contribution in [2.75, 3.05) is 0 Å². The van der Waals surface area contributed by atoms with Gasteiger partial charge >= 0.3 is 0 Å². The first-order chi connectivity index (χ1) is 7.36. The van der Waals surface area contributed by atoms with Crippen LogP contribution in [-0.4, -0.2) is 6.29 Å². The highest BCUT2D eigenvalue weighted by molar-refractivity contribution is 7.12. The van der Waals surface area contributed by atoms with Gasteiger partial charge in [0.2, 0.25) is 0 Å². The van der Waals surface area contributed by atoms with Crippen LogP contribution in [0.3, 0.4) is 0 Å². The maximum atomic E-state index is 10.8.